The van der Waals surface area contributed by atoms with Crippen molar-refractivity contribution < 1.29 is 4.39 Å². The van der Waals surface area contributed by atoms with E-state index in [9.17, 15) is 4.39 Å². The molecule has 1 saturated carbocycles. The van der Waals surface area contributed by atoms with Crippen LogP contribution in [0.2, 0.25) is 0 Å². The lowest BCUT2D eigenvalue weighted by atomic mass is 10.0. The molecule has 1 aromatic heterocycles. The van der Waals surface area contributed by atoms with Crippen LogP contribution in [0.1, 0.15) is 24.0 Å². The minimum Gasteiger partial charge on any atom is -0.310 e. The van der Waals surface area contributed by atoms with Gasteiger partial charge < -0.3 is 5.32 Å². The molecule has 20 heavy (non-hydrogen) atoms. The molecule has 0 aliphatic heterocycles. The fourth-order valence-corrected chi connectivity index (χ4v) is 2.07. The Morgan fingerprint density at radius 1 is 1.25 bits per heavy atom. The van der Waals surface area contributed by atoms with Crippen molar-refractivity contribution in [2.75, 3.05) is 0 Å². The van der Waals surface area contributed by atoms with E-state index < -0.39 is 0 Å². The molecule has 3 rings (SSSR count). The second-order valence-electron chi connectivity index (χ2n) is 5.04. The van der Waals surface area contributed by atoms with Crippen molar-refractivity contribution >= 4 is 0 Å². The van der Waals surface area contributed by atoms with Crippen LogP contribution in [0, 0.1) is 17.1 Å². The summed E-state index contributed by atoms with van der Waals surface area (Å²) < 4.78 is 14.1. The molecule has 0 saturated heterocycles. The minimum atomic E-state index is -0.224. The first kappa shape index (κ1) is 12.8. The van der Waals surface area contributed by atoms with Crippen molar-refractivity contribution in [1.82, 2.24) is 10.3 Å². The highest BCUT2D eigenvalue weighted by atomic mass is 19.1. The van der Waals surface area contributed by atoms with Crippen molar-refractivity contribution in [3.05, 3.63) is 53.6 Å². The first-order valence-corrected chi connectivity index (χ1v) is 6.63. The smallest absolute Gasteiger partial charge is 0.128 e. The summed E-state index contributed by atoms with van der Waals surface area (Å²) in [5.41, 5.74) is 2.64. The van der Waals surface area contributed by atoms with Gasteiger partial charge in [0, 0.05) is 36.1 Å². The van der Waals surface area contributed by atoms with E-state index in [1.807, 2.05) is 12.1 Å². The molecule has 0 radical (unpaired) electrons. The Labute approximate surface area is 117 Å². The summed E-state index contributed by atoms with van der Waals surface area (Å²) in [5, 5.41) is 12.2. The van der Waals surface area contributed by atoms with Crippen molar-refractivity contribution in [2.45, 2.75) is 25.4 Å². The van der Waals surface area contributed by atoms with E-state index in [0.29, 0.717) is 23.7 Å². The molecule has 1 aliphatic rings. The first-order valence-electron chi connectivity index (χ1n) is 6.63. The van der Waals surface area contributed by atoms with Gasteiger partial charge >= 0.3 is 0 Å². The van der Waals surface area contributed by atoms with Gasteiger partial charge in [0.25, 0.3) is 0 Å². The van der Waals surface area contributed by atoms with Crippen LogP contribution in [0.15, 0.2) is 36.7 Å². The molecule has 1 aromatic carbocycles. The Kier molecular flexibility index (Phi) is 3.44. The molecule has 1 fully saturated rings. The quantitative estimate of drug-likeness (QED) is 0.926. The third-order valence-corrected chi connectivity index (χ3v) is 3.41. The predicted octanol–water partition coefficient (Wildman–Crippen LogP) is 3.01. The molecule has 1 heterocycles. The molecular weight excluding hydrogens is 253 g/mol. The van der Waals surface area contributed by atoms with Gasteiger partial charge in [-0.3, -0.25) is 4.98 Å². The summed E-state index contributed by atoms with van der Waals surface area (Å²) in [6.07, 6.45) is 5.50. The molecule has 0 bridgehead atoms. The van der Waals surface area contributed by atoms with Gasteiger partial charge in [0.1, 0.15) is 11.9 Å². The van der Waals surface area contributed by atoms with Gasteiger partial charge in [-0.15, -0.1) is 0 Å². The van der Waals surface area contributed by atoms with E-state index in [1.54, 1.807) is 18.3 Å². The van der Waals surface area contributed by atoms with Gasteiger partial charge in [-0.25, -0.2) is 4.39 Å². The van der Waals surface area contributed by atoms with Crippen LogP contribution in [-0.2, 0) is 6.54 Å². The van der Waals surface area contributed by atoms with E-state index >= 15 is 0 Å². The maximum Gasteiger partial charge on any atom is 0.128 e. The molecule has 1 aliphatic carbocycles. The Morgan fingerprint density at radius 2 is 2.10 bits per heavy atom. The van der Waals surface area contributed by atoms with Crippen molar-refractivity contribution in [3.8, 4) is 17.2 Å². The molecule has 100 valence electrons. The zero-order valence-electron chi connectivity index (χ0n) is 10.9. The molecule has 0 unspecified atom stereocenters. The SMILES string of the molecule is N#Cc1cncc(-c2ccc(CNC3CC3)c(F)c2)c1. The number of aromatic nitrogens is 1. The highest BCUT2D eigenvalue weighted by molar-refractivity contribution is 5.64. The van der Waals surface area contributed by atoms with Crippen LogP contribution in [0.3, 0.4) is 0 Å². The molecule has 0 spiro atoms. The number of pyridine rings is 1. The van der Waals surface area contributed by atoms with Crippen molar-refractivity contribution in [3.63, 3.8) is 0 Å². The number of rotatable bonds is 4. The van der Waals surface area contributed by atoms with E-state index in [1.165, 1.54) is 25.1 Å². The lowest BCUT2D eigenvalue weighted by Gasteiger charge is -2.07. The van der Waals surface area contributed by atoms with Gasteiger partial charge in [-0.1, -0.05) is 12.1 Å². The number of halogens is 1. The fraction of sp³-hybridized carbons (Fsp3) is 0.250. The highest BCUT2D eigenvalue weighted by Gasteiger charge is 2.20. The molecule has 0 atom stereocenters. The van der Waals surface area contributed by atoms with Crippen LogP contribution >= 0.6 is 0 Å². The topological polar surface area (TPSA) is 48.7 Å². The zero-order valence-corrected chi connectivity index (χ0v) is 10.9. The average Bonchev–Trinajstić information content (AvgIpc) is 3.30. The third-order valence-electron chi connectivity index (χ3n) is 3.41. The highest BCUT2D eigenvalue weighted by Crippen LogP contribution is 2.23. The molecule has 4 heteroatoms. The van der Waals surface area contributed by atoms with Crippen LogP contribution < -0.4 is 5.32 Å². The number of hydrogen-bond acceptors (Lipinski definition) is 3. The van der Waals surface area contributed by atoms with E-state index in [4.69, 9.17) is 5.26 Å². The number of benzene rings is 1. The van der Waals surface area contributed by atoms with Gasteiger partial charge in [0.2, 0.25) is 0 Å². The number of hydrogen-bond donors (Lipinski definition) is 1. The largest absolute Gasteiger partial charge is 0.310 e. The zero-order chi connectivity index (χ0) is 13.9. The van der Waals surface area contributed by atoms with Crippen LogP contribution in [0.25, 0.3) is 11.1 Å². The lowest BCUT2D eigenvalue weighted by Crippen LogP contribution is -2.16. The maximum atomic E-state index is 14.1. The Morgan fingerprint density at radius 3 is 2.80 bits per heavy atom. The van der Waals surface area contributed by atoms with Gasteiger partial charge in [0.15, 0.2) is 0 Å². The Balaban J connectivity index is 1.83. The lowest BCUT2D eigenvalue weighted by molar-refractivity contribution is 0.587. The van der Waals surface area contributed by atoms with E-state index in [0.717, 1.165) is 11.1 Å². The second-order valence-corrected chi connectivity index (χ2v) is 5.04. The van der Waals surface area contributed by atoms with Crippen LogP contribution in [0.4, 0.5) is 4.39 Å². The number of nitriles is 1. The fourth-order valence-electron chi connectivity index (χ4n) is 2.07. The Bertz CT molecular complexity index is 672. The monoisotopic (exact) mass is 267 g/mol. The Hall–Kier alpha value is -2.25. The standard InChI is InChI=1S/C16H14FN3/c17-16-6-12(14-5-11(7-18)8-19-9-14)1-2-13(16)10-20-15-3-4-15/h1-2,5-6,8-9,15,20H,3-4,10H2. The normalized spacial score (nSPS) is 14.0. The summed E-state index contributed by atoms with van der Waals surface area (Å²) >= 11 is 0. The van der Waals surface area contributed by atoms with E-state index in [-0.39, 0.29) is 5.82 Å². The summed E-state index contributed by atoms with van der Waals surface area (Å²) in [4.78, 5) is 3.99. The van der Waals surface area contributed by atoms with Crippen molar-refractivity contribution in [2.24, 2.45) is 0 Å². The summed E-state index contributed by atoms with van der Waals surface area (Å²) in [6, 6.07) is 9.47. The van der Waals surface area contributed by atoms with Crippen LogP contribution in [-0.4, -0.2) is 11.0 Å². The average molecular weight is 267 g/mol. The van der Waals surface area contributed by atoms with Gasteiger partial charge in [-0.2, -0.15) is 5.26 Å². The minimum absolute atomic E-state index is 0.224. The summed E-state index contributed by atoms with van der Waals surface area (Å²) in [7, 11) is 0. The summed E-state index contributed by atoms with van der Waals surface area (Å²) in [5.74, 6) is -0.224. The van der Waals surface area contributed by atoms with E-state index in [2.05, 4.69) is 10.3 Å². The maximum absolute atomic E-state index is 14.1. The molecular formula is C16H14FN3. The molecule has 2 aromatic rings. The molecule has 0 amide bonds. The molecule has 1 N–H and O–H groups in total. The molecule has 3 nitrogen and oxygen atoms in total. The second kappa shape index (κ2) is 5.40. The summed E-state index contributed by atoms with van der Waals surface area (Å²) in [6.45, 7) is 0.563. The third kappa shape index (κ3) is 2.84. The number of nitrogens with one attached hydrogen (secondary N) is 1. The predicted molar refractivity (Wildman–Crippen MR) is 74.2 cm³/mol. The van der Waals surface area contributed by atoms with Crippen molar-refractivity contribution in [1.29, 1.82) is 5.26 Å². The first-order chi connectivity index (χ1) is 9.76. The van der Waals surface area contributed by atoms with Crippen LogP contribution in [0.5, 0.6) is 0 Å². The van der Waals surface area contributed by atoms with Gasteiger partial charge in [0.05, 0.1) is 5.56 Å². The number of nitrogens with zero attached hydrogens (tertiary/aromatic N) is 2. The van der Waals surface area contributed by atoms with Gasteiger partial charge in [-0.05, 0) is 30.5 Å².